The van der Waals surface area contributed by atoms with Crippen LogP contribution in [0.5, 0.6) is 5.88 Å². The van der Waals surface area contributed by atoms with Gasteiger partial charge < -0.3 is 15.8 Å². The molecule has 5 nitrogen and oxygen atoms in total. The lowest BCUT2D eigenvalue weighted by Gasteiger charge is -2.13. The molecule has 3 N–H and O–H groups in total. The van der Waals surface area contributed by atoms with Crippen molar-refractivity contribution in [2.45, 2.75) is 26.5 Å². The Balaban J connectivity index is 2.11. The molecule has 0 bridgehead atoms. The van der Waals surface area contributed by atoms with Gasteiger partial charge in [-0.1, -0.05) is 6.07 Å². The number of aromatic nitrogens is 2. The SMILES string of the molecule is CC(C)Oc1ncnc(NCc2ccc(F)c(F)c2)c1N. The summed E-state index contributed by atoms with van der Waals surface area (Å²) in [6, 6.07) is 3.67. The van der Waals surface area contributed by atoms with Crippen molar-refractivity contribution in [3.63, 3.8) is 0 Å². The zero-order valence-electron chi connectivity index (χ0n) is 11.7. The molecule has 112 valence electrons. The lowest BCUT2D eigenvalue weighted by molar-refractivity contribution is 0.234. The van der Waals surface area contributed by atoms with Crippen molar-refractivity contribution in [1.82, 2.24) is 9.97 Å². The molecule has 1 heterocycles. The third-order valence-corrected chi connectivity index (χ3v) is 2.64. The molecule has 0 spiro atoms. The Morgan fingerprint density at radius 3 is 2.67 bits per heavy atom. The smallest absolute Gasteiger partial charge is 0.242 e. The van der Waals surface area contributed by atoms with Crippen molar-refractivity contribution in [1.29, 1.82) is 0 Å². The second-order valence-electron chi connectivity index (χ2n) is 4.71. The minimum atomic E-state index is -0.895. The number of nitrogens with one attached hydrogen (secondary N) is 1. The number of hydrogen-bond acceptors (Lipinski definition) is 5. The second kappa shape index (κ2) is 6.34. The van der Waals surface area contributed by atoms with Gasteiger partial charge in [0.15, 0.2) is 17.5 Å². The van der Waals surface area contributed by atoms with Crippen molar-refractivity contribution in [2.75, 3.05) is 11.1 Å². The molecular formula is C14H16F2N4O. The molecular weight excluding hydrogens is 278 g/mol. The predicted octanol–water partition coefficient (Wildman–Crippen LogP) is 2.74. The number of nitrogens with zero attached hydrogens (tertiary/aromatic N) is 2. The Bertz CT molecular complexity index is 634. The Morgan fingerprint density at radius 1 is 1.24 bits per heavy atom. The van der Waals surface area contributed by atoms with Crippen LogP contribution in [0.3, 0.4) is 0 Å². The van der Waals surface area contributed by atoms with E-state index in [1.807, 2.05) is 13.8 Å². The van der Waals surface area contributed by atoms with Crippen LogP contribution in [-0.2, 0) is 6.54 Å². The third kappa shape index (κ3) is 3.77. The monoisotopic (exact) mass is 294 g/mol. The number of nitrogen functional groups attached to an aromatic ring is 1. The molecule has 1 aromatic heterocycles. The molecule has 0 atom stereocenters. The van der Waals surface area contributed by atoms with Crippen LogP contribution in [-0.4, -0.2) is 16.1 Å². The van der Waals surface area contributed by atoms with E-state index in [1.165, 1.54) is 12.4 Å². The molecule has 0 aliphatic rings. The molecule has 0 radical (unpaired) electrons. The van der Waals surface area contributed by atoms with Gasteiger partial charge in [-0.15, -0.1) is 0 Å². The molecule has 2 rings (SSSR count). The van der Waals surface area contributed by atoms with Crippen LogP contribution < -0.4 is 15.8 Å². The minimum Gasteiger partial charge on any atom is -0.473 e. The second-order valence-corrected chi connectivity index (χ2v) is 4.71. The molecule has 0 amide bonds. The first-order valence-corrected chi connectivity index (χ1v) is 6.42. The summed E-state index contributed by atoms with van der Waals surface area (Å²) in [5.41, 5.74) is 6.74. The van der Waals surface area contributed by atoms with E-state index >= 15 is 0 Å². The molecule has 2 aromatic rings. The molecule has 0 saturated heterocycles. The highest BCUT2D eigenvalue weighted by Gasteiger charge is 2.11. The van der Waals surface area contributed by atoms with E-state index in [0.717, 1.165) is 12.1 Å². The molecule has 0 unspecified atom stereocenters. The van der Waals surface area contributed by atoms with Gasteiger partial charge in [0.2, 0.25) is 5.88 Å². The maximum absolute atomic E-state index is 13.1. The average Bonchev–Trinajstić information content (AvgIpc) is 2.43. The summed E-state index contributed by atoms with van der Waals surface area (Å²) in [4.78, 5) is 7.96. The summed E-state index contributed by atoms with van der Waals surface area (Å²) in [6.07, 6.45) is 1.25. The van der Waals surface area contributed by atoms with Crippen molar-refractivity contribution in [3.05, 3.63) is 41.7 Å². The molecule has 21 heavy (non-hydrogen) atoms. The van der Waals surface area contributed by atoms with Gasteiger partial charge in [0.25, 0.3) is 0 Å². The van der Waals surface area contributed by atoms with E-state index in [-0.39, 0.29) is 24.2 Å². The standard InChI is InChI=1S/C14H16F2N4O/c1-8(2)21-14-12(17)13(19-7-20-14)18-6-9-3-4-10(15)11(16)5-9/h3-5,7-8H,6,17H2,1-2H3,(H,18,19,20). The fourth-order valence-electron chi connectivity index (χ4n) is 1.67. The Labute approximate surface area is 121 Å². The first kappa shape index (κ1) is 15.0. The summed E-state index contributed by atoms with van der Waals surface area (Å²) in [7, 11) is 0. The summed E-state index contributed by atoms with van der Waals surface area (Å²) < 4.78 is 31.4. The lowest BCUT2D eigenvalue weighted by Crippen LogP contribution is -2.12. The number of rotatable bonds is 5. The third-order valence-electron chi connectivity index (χ3n) is 2.64. The number of halogens is 2. The number of benzene rings is 1. The van der Waals surface area contributed by atoms with Gasteiger partial charge in [-0.25, -0.2) is 13.8 Å². The van der Waals surface area contributed by atoms with Crippen molar-refractivity contribution in [3.8, 4) is 5.88 Å². The topological polar surface area (TPSA) is 73.1 Å². The first-order valence-electron chi connectivity index (χ1n) is 6.42. The maximum Gasteiger partial charge on any atom is 0.242 e. The maximum atomic E-state index is 13.1. The summed E-state index contributed by atoms with van der Waals surface area (Å²) >= 11 is 0. The summed E-state index contributed by atoms with van der Waals surface area (Å²) in [5.74, 6) is -1.11. The Kier molecular flexibility index (Phi) is 4.52. The van der Waals surface area contributed by atoms with Gasteiger partial charge in [-0.3, -0.25) is 0 Å². The fraction of sp³-hybridized carbons (Fsp3) is 0.286. The molecule has 0 fully saturated rings. The minimum absolute atomic E-state index is 0.0683. The highest BCUT2D eigenvalue weighted by atomic mass is 19.2. The van der Waals surface area contributed by atoms with Crippen LogP contribution in [0.25, 0.3) is 0 Å². The van der Waals surface area contributed by atoms with Crippen molar-refractivity contribution in [2.24, 2.45) is 0 Å². The quantitative estimate of drug-likeness (QED) is 0.887. The number of anilines is 2. The van der Waals surface area contributed by atoms with Gasteiger partial charge in [0, 0.05) is 6.54 Å². The highest BCUT2D eigenvalue weighted by Crippen LogP contribution is 2.25. The van der Waals surface area contributed by atoms with Gasteiger partial charge >= 0.3 is 0 Å². The molecule has 0 saturated carbocycles. The van der Waals surface area contributed by atoms with Gasteiger partial charge in [-0.05, 0) is 31.5 Å². The number of ether oxygens (including phenoxy) is 1. The van der Waals surface area contributed by atoms with Crippen LogP contribution in [0.15, 0.2) is 24.5 Å². The fourth-order valence-corrected chi connectivity index (χ4v) is 1.67. The van der Waals surface area contributed by atoms with E-state index in [1.54, 1.807) is 0 Å². The zero-order valence-corrected chi connectivity index (χ0v) is 11.7. The largest absolute Gasteiger partial charge is 0.473 e. The molecule has 7 heteroatoms. The number of hydrogen-bond donors (Lipinski definition) is 2. The first-order chi connectivity index (χ1) is 9.97. The van der Waals surface area contributed by atoms with Crippen molar-refractivity contribution >= 4 is 11.5 Å². The van der Waals surface area contributed by atoms with E-state index in [2.05, 4.69) is 15.3 Å². The van der Waals surface area contributed by atoms with Gasteiger partial charge in [0.05, 0.1) is 6.10 Å². The van der Waals surface area contributed by atoms with Crippen LogP contribution in [0.4, 0.5) is 20.3 Å². The van der Waals surface area contributed by atoms with Crippen LogP contribution >= 0.6 is 0 Å². The zero-order chi connectivity index (χ0) is 15.4. The van der Waals surface area contributed by atoms with Crippen LogP contribution in [0.1, 0.15) is 19.4 Å². The lowest BCUT2D eigenvalue weighted by atomic mass is 10.2. The van der Waals surface area contributed by atoms with Crippen molar-refractivity contribution < 1.29 is 13.5 Å². The van der Waals surface area contributed by atoms with Gasteiger partial charge in [0.1, 0.15) is 12.0 Å². The van der Waals surface area contributed by atoms with Gasteiger partial charge in [-0.2, -0.15) is 4.98 Å². The van der Waals surface area contributed by atoms with Crippen LogP contribution in [0.2, 0.25) is 0 Å². The molecule has 0 aliphatic carbocycles. The summed E-state index contributed by atoms with van der Waals surface area (Å²) in [5, 5.41) is 2.94. The predicted molar refractivity (Wildman–Crippen MR) is 75.9 cm³/mol. The number of nitrogens with two attached hydrogens (primary N) is 1. The van der Waals surface area contributed by atoms with E-state index in [0.29, 0.717) is 11.4 Å². The average molecular weight is 294 g/mol. The van der Waals surface area contributed by atoms with E-state index < -0.39 is 11.6 Å². The highest BCUT2D eigenvalue weighted by molar-refractivity contribution is 5.66. The molecule has 1 aromatic carbocycles. The van der Waals surface area contributed by atoms with E-state index in [4.69, 9.17) is 10.5 Å². The Morgan fingerprint density at radius 2 is 2.00 bits per heavy atom. The normalized spacial score (nSPS) is 10.7. The molecule has 0 aliphatic heterocycles. The van der Waals surface area contributed by atoms with Crippen LogP contribution in [0, 0.1) is 11.6 Å². The Hall–Kier alpha value is -2.44. The summed E-state index contributed by atoms with van der Waals surface area (Å²) in [6.45, 7) is 3.96. The van der Waals surface area contributed by atoms with E-state index in [9.17, 15) is 8.78 Å².